The van der Waals surface area contributed by atoms with E-state index in [1.165, 1.54) is 56.1 Å². The van der Waals surface area contributed by atoms with E-state index >= 15 is 0 Å². The fourth-order valence-corrected chi connectivity index (χ4v) is 7.63. The van der Waals surface area contributed by atoms with Crippen molar-refractivity contribution in [2.75, 3.05) is 0 Å². The molecule has 5 heteroatoms. The van der Waals surface area contributed by atoms with Crippen LogP contribution in [0.1, 0.15) is 101 Å². The minimum absolute atomic E-state index is 0. The molecule has 0 unspecified atom stereocenters. The summed E-state index contributed by atoms with van der Waals surface area (Å²) >= 11 is 0. The second-order valence-electron chi connectivity index (χ2n) is 15.5. The summed E-state index contributed by atoms with van der Waals surface area (Å²) in [5, 5.41) is 2.16. The molecule has 1 aliphatic rings. The Morgan fingerprint density at radius 3 is 1.38 bits per heavy atom. The number of para-hydroxylation sites is 4. The maximum Gasteiger partial charge on any atom is 1.00 e. The Kier molecular flexibility index (Phi) is 11.9. The van der Waals surface area contributed by atoms with Crippen LogP contribution in [0, 0.1) is 6.57 Å². The maximum absolute atomic E-state index is 7.16. The molecule has 0 aliphatic carbocycles. The van der Waals surface area contributed by atoms with E-state index in [0.29, 0.717) is 29.4 Å². The minimum atomic E-state index is 0. The number of aromatic nitrogens is 1. The third-order valence-electron chi connectivity index (χ3n) is 10.4. The predicted molar refractivity (Wildman–Crippen MR) is 230 cm³/mol. The van der Waals surface area contributed by atoms with E-state index in [4.69, 9.17) is 6.57 Å². The normalized spacial score (nSPS) is 12.1. The van der Waals surface area contributed by atoms with Crippen molar-refractivity contribution in [3.05, 3.63) is 161 Å². The van der Waals surface area contributed by atoms with Gasteiger partial charge >= 0.3 is 28.4 Å². The zero-order valence-corrected chi connectivity index (χ0v) is 35.2. The Bertz CT molecular complexity index is 2460. The minimum Gasteiger partial charge on any atom is -0.657 e. The second kappa shape index (κ2) is 16.6. The van der Waals surface area contributed by atoms with Crippen molar-refractivity contribution in [3.63, 3.8) is 0 Å². The first-order valence-corrected chi connectivity index (χ1v) is 19.2. The molecule has 0 fully saturated rings. The monoisotopic (exact) mass is 902 g/mol. The van der Waals surface area contributed by atoms with Crippen molar-refractivity contribution in [2.45, 2.75) is 79.1 Å². The summed E-state index contributed by atoms with van der Waals surface area (Å²) in [4.78, 5) is 8.13. The van der Waals surface area contributed by atoms with Crippen LogP contribution in [0.3, 0.4) is 0 Å². The molecule has 278 valence electrons. The van der Waals surface area contributed by atoms with Crippen molar-refractivity contribution >= 4 is 56.3 Å². The van der Waals surface area contributed by atoms with Crippen LogP contribution in [0.2, 0.25) is 0 Å². The third kappa shape index (κ3) is 7.68. The smallest absolute Gasteiger partial charge is 0.657 e. The Labute approximate surface area is 342 Å². The van der Waals surface area contributed by atoms with Gasteiger partial charge in [-0.15, -0.1) is 11.0 Å². The van der Waals surface area contributed by atoms with Crippen LogP contribution in [0.25, 0.3) is 37.8 Å². The van der Waals surface area contributed by atoms with E-state index in [-0.39, 0.29) is 22.4 Å². The Morgan fingerprint density at radius 1 is 0.491 bits per heavy atom. The third-order valence-corrected chi connectivity index (χ3v) is 10.4. The number of benzene rings is 6. The molecule has 0 saturated carbocycles. The van der Waals surface area contributed by atoms with Crippen LogP contribution in [-0.2, 0) is 22.4 Å². The zero-order valence-electron chi connectivity index (χ0n) is 33.0. The van der Waals surface area contributed by atoms with Gasteiger partial charge in [-0.25, -0.2) is 4.85 Å². The van der Waals surface area contributed by atoms with Gasteiger partial charge in [0, 0.05) is 34.4 Å². The van der Waals surface area contributed by atoms with Gasteiger partial charge in [-0.1, -0.05) is 159 Å². The van der Waals surface area contributed by atoms with E-state index in [2.05, 4.69) is 171 Å². The zero-order chi connectivity index (χ0) is 38.1. The Hall–Kier alpha value is -5.27. The molecule has 55 heavy (non-hydrogen) atoms. The molecule has 8 rings (SSSR count). The standard InChI is InChI=1S/C31H38N2.C19H11N2.Au/c1-20(2)24-13-11-14-25(21(3)4)30(24)32-19-33(29-18-10-9-17-28(29)32)31-26(22(5)6)15-12-16-27(31)23(7)8;1-20-15-8-10-19-17(12-15)16-11-14(7-9-18(16)21-19)13-5-3-2-4-6-13;/h9-18,20-23H,1-8H3;2-12H;/q+2;-1;+1. The second-order valence-corrected chi connectivity index (χ2v) is 15.5. The molecule has 0 saturated heterocycles. The van der Waals surface area contributed by atoms with Crippen molar-refractivity contribution in [1.82, 2.24) is 14.1 Å². The van der Waals surface area contributed by atoms with E-state index in [1.807, 2.05) is 36.4 Å². The molecular formula is C50H49AuN4+2. The SMILES string of the molecule is CC(C)c1cccc(C(C)C)c1[N+]1=C=[N+](c2c(C(C)C)cccc2C(C)C)c2ccccc21.[Au+].[C-]#[N+]c1ccc2[n-]c3ccc(-c4ccccc4)cc3c2c1. The first kappa shape index (κ1) is 39.4. The molecule has 6 aromatic carbocycles. The van der Waals surface area contributed by atoms with Crippen LogP contribution in [0.15, 0.2) is 127 Å². The van der Waals surface area contributed by atoms with Gasteiger partial charge in [0.1, 0.15) is 0 Å². The van der Waals surface area contributed by atoms with Crippen LogP contribution in [0.5, 0.6) is 0 Å². The summed E-state index contributed by atoms with van der Waals surface area (Å²) in [6.45, 7) is 25.4. The number of hydrogen-bond donors (Lipinski definition) is 0. The van der Waals surface area contributed by atoms with Gasteiger partial charge in [0.05, 0.1) is 6.57 Å². The molecule has 2 heterocycles. The average Bonchev–Trinajstić information content (AvgIpc) is 3.75. The van der Waals surface area contributed by atoms with Crippen molar-refractivity contribution in [1.29, 1.82) is 0 Å². The number of nitrogens with zero attached hydrogens (tertiary/aromatic N) is 4. The largest absolute Gasteiger partial charge is 1.00 e. The van der Waals surface area contributed by atoms with Crippen LogP contribution < -0.4 is 14.1 Å². The first-order valence-electron chi connectivity index (χ1n) is 19.2. The Balaban J connectivity index is 0.000000201. The van der Waals surface area contributed by atoms with E-state index in [1.54, 1.807) is 0 Å². The topological polar surface area (TPSA) is 24.5 Å². The van der Waals surface area contributed by atoms with Gasteiger partial charge < -0.3 is 4.98 Å². The van der Waals surface area contributed by atoms with Gasteiger partial charge in [0.15, 0.2) is 5.69 Å². The summed E-state index contributed by atoms with van der Waals surface area (Å²) in [6.07, 6.45) is 0. The van der Waals surface area contributed by atoms with Gasteiger partial charge in [0.25, 0.3) is 11.4 Å². The average molecular weight is 903 g/mol. The quantitative estimate of drug-likeness (QED) is 0.0888. The van der Waals surface area contributed by atoms with Crippen molar-refractivity contribution in [3.8, 4) is 11.1 Å². The molecule has 0 spiro atoms. The first-order chi connectivity index (χ1) is 26.1. The molecule has 1 aromatic heterocycles. The molecule has 0 radical (unpaired) electrons. The van der Waals surface area contributed by atoms with E-state index in [0.717, 1.165) is 21.8 Å². The number of rotatable bonds is 7. The molecule has 0 N–H and O–H groups in total. The van der Waals surface area contributed by atoms with Gasteiger partial charge in [-0.05, 0) is 66.9 Å². The van der Waals surface area contributed by atoms with Crippen LogP contribution in [0.4, 0.5) is 28.4 Å². The number of fused-ring (bicyclic) bond motifs is 4. The summed E-state index contributed by atoms with van der Waals surface area (Å²) in [5.41, 5.74) is 15.4. The van der Waals surface area contributed by atoms with Crippen LogP contribution in [-0.4, -0.2) is 6.01 Å². The molecule has 0 amide bonds. The molecule has 0 atom stereocenters. The number of hydrogen-bond acceptors (Lipinski definition) is 0. The summed E-state index contributed by atoms with van der Waals surface area (Å²) in [6, 6.07) is 48.4. The van der Waals surface area contributed by atoms with Gasteiger partial charge in [0.2, 0.25) is 11.4 Å². The summed E-state index contributed by atoms with van der Waals surface area (Å²) < 4.78 is 4.64. The van der Waals surface area contributed by atoms with Crippen LogP contribution >= 0.6 is 0 Å². The van der Waals surface area contributed by atoms with E-state index < -0.39 is 0 Å². The van der Waals surface area contributed by atoms with Gasteiger partial charge in [-0.2, -0.15) is 0 Å². The molecule has 7 aromatic rings. The molecular weight excluding hydrogens is 854 g/mol. The molecule has 1 aliphatic heterocycles. The predicted octanol–water partition coefficient (Wildman–Crippen LogP) is 14.2. The van der Waals surface area contributed by atoms with E-state index in [9.17, 15) is 0 Å². The van der Waals surface area contributed by atoms with Gasteiger partial charge in [-0.3, -0.25) is 0 Å². The molecule has 4 nitrogen and oxygen atoms in total. The summed E-state index contributed by atoms with van der Waals surface area (Å²) in [7, 11) is 0. The fourth-order valence-electron chi connectivity index (χ4n) is 7.63. The fraction of sp³-hybridized carbons (Fsp3) is 0.240. The Morgan fingerprint density at radius 2 is 0.927 bits per heavy atom. The van der Waals surface area contributed by atoms with Crippen molar-refractivity contribution in [2.24, 2.45) is 0 Å². The molecule has 0 bridgehead atoms. The summed E-state index contributed by atoms with van der Waals surface area (Å²) in [5.74, 6) is 1.71. The van der Waals surface area contributed by atoms with Crippen molar-refractivity contribution < 1.29 is 22.4 Å². The maximum atomic E-state index is 7.16.